The molecule has 0 bridgehead atoms. The number of carbonyl (C=O) groups excluding carboxylic acids is 1. The summed E-state index contributed by atoms with van der Waals surface area (Å²) in [6.45, 7) is 4.67. The van der Waals surface area contributed by atoms with Crippen LogP contribution in [0, 0.1) is 6.92 Å². The van der Waals surface area contributed by atoms with Gasteiger partial charge in [0.05, 0.1) is 17.8 Å². The maximum atomic E-state index is 12.9. The predicted octanol–water partition coefficient (Wildman–Crippen LogP) is 4.14. The van der Waals surface area contributed by atoms with Crippen LogP contribution in [0.2, 0.25) is 0 Å². The normalized spacial score (nSPS) is 15.3. The van der Waals surface area contributed by atoms with Crippen LogP contribution >= 0.6 is 0 Å². The summed E-state index contributed by atoms with van der Waals surface area (Å²) in [5, 5.41) is 16.6. The molecule has 168 valence electrons. The molecule has 33 heavy (non-hydrogen) atoms. The quantitative estimate of drug-likeness (QED) is 0.438. The molecule has 1 atom stereocenters. The van der Waals surface area contributed by atoms with Crippen LogP contribution in [0.1, 0.15) is 29.3 Å². The zero-order valence-corrected chi connectivity index (χ0v) is 18.5. The summed E-state index contributed by atoms with van der Waals surface area (Å²) >= 11 is 0. The van der Waals surface area contributed by atoms with Crippen molar-refractivity contribution in [3.05, 3.63) is 77.4 Å². The number of benzene rings is 2. The Labute approximate surface area is 191 Å². The smallest absolute Gasteiger partial charge is 0.330 e. The molecule has 5 rings (SSSR count). The molecule has 8 nitrogen and oxygen atoms in total. The Morgan fingerprint density at radius 3 is 2.97 bits per heavy atom. The van der Waals surface area contributed by atoms with E-state index in [-0.39, 0.29) is 12.6 Å². The van der Waals surface area contributed by atoms with Crippen molar-refractivity contribution < 1.29 is 14.6 Å². The van der Waals surface area contributed by atoms with E-state index in [4.69, 9.17) is 4.74 Å². The SMILES string of the molecule is Cc1cc(CO)cc(NC(=O)n2ccc3cc(Oc4ncnc5c4CC(C)NC5)ccc32)c1. The highest BCUT2D eigenvalue weighted by Crippen LogP contribution is 2.30. The second kappa shape index (κ2) is 8.65. The van der Waals surface area contributed by atoms with Gasteiger partial charge in [-0.1, -0.05) is 6.07 Å². The van der Waals surface area contributed by atoms with Gasteiger partial charge in [-0.2, -0.15) is 0 Å². The van der Waals surface area contributed by atoms with Crippen LogP contribution in [-0.4, -0.2) is 31.7 Å². The van der Waals surface area contributed by atoms with Crippen LogP contribution < -0.4 is 15.4 Å². The molecule has 0 spiro atoms. The van der Waals surface area contributed by atoms with Crippen LogP contribution in [0.25, 0.3) is 10.9 Å². The van der Waals surface area contributed by atoms with Gasteiger partial charge in [-0.25, -0.2) is 14.8 Å². The molecule has 0 saturated carbocycles. The molecular weight excluding hydrogens is 418 g/mol. The van der Waals surface area contributed by atoms with E-state index in [1.165, 1.54) is 6.33 Å². The average Bonchev–Trinajstić information content (AvgIpc) is 3.22. The monoisotopic (exact) mass is 443 g/mol. The van der Waals surface area contributed by atoms with E-state index in [1.807, 2.05) is 43.3 Å². The van der Waals surface area contributed by atoms with Gasteiger partial charge < -0.3 is 20.5 Å². The van der Waals surface area contributed by atoms with Crippen molar-refractivity contribution in [1.82, 2.24) is 19.9 Å². The average molecular weight is 444 g/mol. The second-order valence-electron chi connectivity index (χ2n) is 8.39. The Bertz CT molecular complexity index is 1350. The van der Waals surface area contributed by atoms with Crippen LogP contribution in [0.4, 0.5) is 10.5 Å². The van der Waals surface area contributed by atoms with Crippen molar-refractivity contribution in [3.8, 4) is 11.6 Å². The zero-order chi connectivity index (χ0) is 22.9. The number of hydrogen-bond donors (Lipinski definition) is 3. The van der Waals surface area contributed by atoms with Gasteiger partial charge in [0, 0.05) is 35.4 Å². The Balaban J connectivity index is 1.38. The van der Waals surface area contributed by atoms with Crippen LogP contribution in [0.5, 0.6) is 11.6 Å². The minimum atomic E-state index is -0.278. The number of anilines is 1. The topological polar surface area (TPSA) is 101 Å². The highest BCUT2D eigenvalue weighted by molar-refractivity contribution is 5.98. The number of hydrogen-bond acceptors (Lipinski definition) is 6. The molecule has 0 saturated heterocycles. The van der Waals surface area contributed by atoms with Gasteiger partial charge in [0.25, 0.3) is 0 Å². The van der Waals surface area contributed by atoms with Crippen molar-refractivity contribution in [2.24, 2.45) is 0 Å². The van der Waals surface area contributed by atoms with Crippen LogP contribution in [0.15, 0.2) is 55.0 Å². The Hall–Kier alpha value is -3.75. The Kier molecular flexibility index (Phi) is 5.53. The number of ether oxygens (including phenoxy) is 1. The molecule has 1 aliphatic heterocycles. The number of carbonyl (C=O) groups is 1. The summed E-state index contributed by atoms with van der Waals surface area (Å²) in [4.78, 5) is 21.6. The lowest BCUT2D eigenvalue weighted by Gasteiger charge is -2.23. The molecule has 2 aromatic carbocycles. The van der Waals surface area contributed by atoms with E-state index in [0.717, 1.165) is 39.7 Å². The summed E-state index contributed by atoms with van der Waals surface area (Å²) in [5.74, 6) is 1.23. The molecule has 3 N–H and O–H groups in total. The highest BCUT2D eigenvalue weighted by atomic mass is 16.5. The molecule has 0 aliphatic carbocycles. The number of aliphatic hydroxyl groups is 1. The lowest BCUT2D eigenvalue weighted by molar-refractivity contribution is 0.254. The fourth-order valence-electron chi connectivity index (χ4n) is 4.21. The number of fused-ring (bicyclic) bond motifs is 2. The van der Waals surface area contributed by atoms with Crippen molar-refractivity contribution in [1.29, 1.82) is 0 Å². The number of nitrogens with one attached hydrogen (secondary N) is 2. The molecule has 1 unspecified atom stereocenters. The molecule has 1 amide bonds. The maximum Gasteiger partial charge on any atom is 0.330 e. The van der Waals surface area contributed by atoms with Gasteiger partial charge >= 0.3 is 6.03 Å². The summed E-state index contributed by atoms with van der Waals surface area (Å²) in [7, 11) is 0. The zero-order valence-electron chi connectivity index (χ0n) is 18.5. The number of aryl methyl sites for hydroxylation is 1. The molecular formula is C25H25N5O3. The largest absolute Gasteiger partial charge is 0.439 e. The minimum absolute atomic E-state index is 0.0786. The summed E-state index contributed by atoms with van der Waals surface area (Å²) in [6, 6.07) is 13.0. The van der Waals surface area contributed by atoms with Crippen LogP contribution in [-0.2, 0) is 19.6 Å². The van der Waals surface area contributed by atoms with E-state index in [9.17, 15) is 9.90 Å². The third-order valence-electron chi connectivity index (χ3n) is 5.79. The fraction of sp³-hybridized carbons (Fsp3) is 0.240. The van der Waals surface area contributed by atoms with Gasteiger partial charge in [0.2, 0.25) is 5.88 Å². The van der Waals surface area contributed by atoms with Gasteiger partial charge in [-0.15, -0.1) is 0 Å². The van der Waals surface area contributed by atoms with E-state index in [0.29, 0.717) is 29.9 Å². The van der Waals surface area contributed by atoms with Crippen molar-refractivity contribution >= 4 is 22.6 Å². The molecule has 1 aliphatic rings. The lowest BCUT2D eigenvalue weighted by atomic mass is 10.0. The Morgan fingerprint density at radius 2 is 2.12 bits per heavy atom. The Morgan fingerprint density at radius 1 is 1.24 bits per heavy atom. The molecule has 2 aromatic heterocycles. The number of aromatic nitrogens is 3. The molecule has 3 heterocycles. The first kappa shape index (κ1) is 21.1. The van der Waals surface area contributed by atoms with Gasteiger partial charge in [0.1, 0.15) is 12.1 Å². The van der Waals surface area contributed by atoms with Crippen molar-refractivity contribution in [3.63, 3.8) is 0 Å². The van der Waals surface area contributed by atoms with Crippen molar-refractivity contribution in [2.75, 3.05) is 5.32 Å². The first-order chi connectivity index (χ1) is 16.0. The van der Waals surface area contributed by atoms with Crippen molar-refractivity contribution in [2.45, 2.75) is 39.5 Å². The fourth-order valence-corrected chi connectivity index (χ4v) is 4.21. The lowest BCUT2D eigenvalue weighted by Crippen LogP contribution is -2.33. The van der Waals surface area contributed by atoms with Gasteiger partial charge in [-0.05, 0) is 67.8 Å². The minimum Gasteiger partial charge on any atom is -0.439 e. The first-order valence-corrected chi connectivity index (χ1v) is 10.9. The maximum absolute atomic E-state index is 12.9. The third kappa shape index (κ3) is 4.30. The van der Waals surface area contributed by atoms with E-state index in [2.05, 4.69) is 27.5 Å². The number of rotatable bonds is 4. The number of amides is 1. The predicted molar refractivity (Wildman–Crippen MR) is 126 cm³/mol. The molecule has 0 fully saturated rings. The molecule has 0 radical (unpaired) electrons. The van der Waals surface area contributed by atoms with E-state index < -0.39 is 0 Å². The second-order valence-corrected chi connectivity index (χ2v) is 8.39. The van der Waals surface area contributed by atoms with E-state index in [1.54, 1.807) is 16.8 Å². The third-order valence-corrected chi connectivity index (χ3v) is 5.79. The summed E-state index contributed by atoms with van der Waals surface area (Å²) < 4.78 is 7.68. The standard InChI is InChI=1S/C25H25N5O3/c1-15-7-17(13-31)10-19(8-15)29-25(32)30-6-5-18-11-20(3-4-23(18)30)33-24-21-9-16(2)26-12-22(21)27-14-28-24/h3-8,10-11,14,16,26,31H,9,12-13H2,1-2H3,(H,29,32). The van der Waals surface area contributed by atoms with E-state index >= 15 is 0 Å². The van der Waals surface area contributed by atoms with Crippen LogP contribution in [0.3, 0.4) is 0 Å². The first-order valence-electron chi connectivity index (χ1n) is 10.9. The van der Waals surface area contributed by atoms with Gasteiger partial charge in [0.15, 0.2) is 0 Å². The number of nitrogens with zero attached hydrogens (tertiary/aromatic N) is 3. The van der Waals surface area contributed by atoms with Gasteiger partial charge in [-0.3, -0.25) is 4.57 Å². The summed E-state index contributed by atoms with van der Waals surface area (Å²) in [5.41, 5.74) is 5.11. The summed E-state index contributed by atoms with van der Waals surface area (Å²) in [6.07, 6.45) is 4.06. The number of aliphatic hydroxyl groups excluding tert-OH is 1. The molecule has 4 aromatic rings. The molecule has 8 heteroatoms. The highest BCUT2D eigenvalue weighted by Gasteiger charge is 2.21.